The van der Waals surface area contributed by atoms with Crippen molar-refractivity contribution < 1.29 is 19.5 Å². The minimum absolute atomic E-state index is 0. The van der Waals surface area contributed by atoms with Crippen LogP contribution >= 0.6 is 0 Å². The first kappa shape index (κ1) is 15.6. The van der Waals surface area contributed by atoms with Crippen molar-refractivity contribution in [1.29, 1.82) is 0 Å². The number of rotatable bonds is 0. The van der Waals surface area contributed by atoms with E-state index in [4.69, 9.17) is 0 Å². The van der Waals surface area contributed by atoms with Crippen LogP contribution in [0.5, 0.6) is 0 Å². The quantitative estimate of drug-likeness (QED) is 0.634. The van der Waals surface area contributed by atoms with Gasteiger partial charge in [0.05, 0.1) is 34.2 Å². The van der Waals surface area contributed by atoms with Gasteiger partial charge in [-0.2, -0.15) is 0 Å². The van der Waals surface area contributed by atoms with E-state index in [1.807, 2.05) is 60.8 Å². The monoisotopic (exact) mass is 376 g/mol. The van der Waals surface area contributed by atoms with Crippen LogP contribution in [0.3, 0.4) is 0 Å². The predicted molar refractivity (Wildman–Crippen MR) is 95.8 cm³/mol. The molecule has 0 aromatic rings. The van der Waals surface area contributed by atoms with E-state index in [0.717, 1.165) is 34.2 Å². The van der Waals surface area contributed by atoms with E-state index in [2.05, 4.69) is 30.8 Å². The summed E-state index contributed by atoms with van der Waals surface area (Å²) in [7, 11) is 0. The zero-order valence-electron chi connectivity index (χ0n) is 13.3. The van der Waals surface area contributed by atoms with Crippen molar-refractivity contribution in [2.75, 3.05) is 0 Å². The Balaban J connectivity index is 0.00000157. The molecule has 0 spiro atoms. The van der Waals surface area contributed by atoms with E-state index in [0.29, 0.717) is 11.7 Å². The molecule has 5 heterocycles. The fourth-order valence-electron chi connectivity index (χ4n) is 2.70. The molecule has 0 fully saturated rings. The molecule has 25 heavy (non-hydrogen) atoms. The third kappa shape index (κ3) is 3.19. The van der Waals surface area contributed by atoms with Crippen LogP contribution in [0.4, 0.5) is 0 Å². The molecule has 0 atom stereocenters. The summed E-state index contributed by atoms with van der Waals surface area (Å²) in [4.78, 5) is 18.2. The van der Waals surface area contributed by atoms with Gasteiger partial charge < -0.3 is 0 Å². The van der Waals surface area contributed by atoms with Crippen molar-refractivity contribution in [1.82, 2.24) is 10.9 Å². The first-order valence-corrected chi connectivity index (χ1v) is 7.58. The second-order valence-electron chi connectivity index (χ2n) is 5.59. The third-order valence-electron chi connectivity index (χ3n) is 3.77. The Morgan fingerprint density at radius 2 is 1.04 bits per heavy atom. The number of amidine groups is 1. The molecule has 0 amide bonds. The standard InChI is InChI=1S/C18H12N6.Zn/c1-2-12-8-14-4-6-16(21-14)10-18-22-17(23-24-18)9-15-5-3-13(20-15)7-11(1)19-12;/h1-10H,(H2,22,23,24);. The van der Waals surface area contributed by atoms with Gasteiger partial charge in [-0.1, -0.05) is 0 Å². The third-order valence-corrected chi connectivity index (χ3v) is 3.77. The number of nitrogens with one attached hydrogen (secondary N) is 2. The first-order chi connectivity index (χ1) is 11.8. The molecule has 0 aliphatic carbocycles. The second kappa shape index (κ2) is 6.18. The molecule has 0 radical (unpaired) electrons. The molecule has 0 unspecified atom stereocenters. The van der Waals surface area contributed by atoms with Gasteiger partial charge in [0, 0.05) is 31.6 Å². The van der Waals surface area contributed by atoms with Crippen molar-refractivity contribution in [3.05, 3.63) is 83.7 Å². The molecule has 7 heteroatoms. The maximum Gasteiger partial charge on any atom is 0.149 e. The number of fused-ring (bicyclic) bond motifs is 4. The molecule has 5 aliphatic heterocycles. The molecule has 0 saturated heterocycles. The molecular weight excluding hydrogens is 366 g/mol. The van der Waals surface area contributed by atoms with Crippen molar-refractivity contribution in [3.8, 4) is 0 Å². The normalized spacial score (nSPS) is 21.8. The van der Waals surface area contributed by atoms with E-state index in [-0.39, 0.29) is 19.5 Å². The van der Waals surface area contributed by atoms with Gasteiger partial charge in [0.25, 0.3) is 0 Å². The number of nitrogens with zero attached hydrogens (tertiary/aromatic N) is 4. The maximum atomic E-state index is 4.58. The van der Waals surface area contributed by atoms with Crippen LogP contribution in [0, 0.1) is 0 Å². The van der Waals surface area contributed by atoms with Gasteiger partial charge in [0.1, 0.15) is 11.7 Å². The smallest absolute Gasteiger partial charge is 0.149 e. The molecule has 5 rings (SSSR count). The second-order valence-corrected chi connectivity index (χ2v) is 5.59. The van der Waals surface area contributed by atoms with E-state index < -0.39 is 0 Å². The molecule has 0 aromatic heterocycles. The Hall–Kier alpha value is -2.92. The van der Waals surface area contributed by atoms with Crippen LogP contribution < -0.4 is 10.9 Å². The fraction of sp³-hybridized carbons (Fsp3) is 0. The molecular formula is C18H12N6Zn. The summed E-state index contributed by atoms with van der Waals surface area (Å²) in [5.41, 5.74) is 11.2. The zero-order valence-corrected chi connectivity index (χ0v) is 16.2. The maximum absolute atomic E-state index is 4.58. The Morgan fingerprint density at radius 3 is 1.64 bits per heavy atom. The summed E-state index contributed by atoms with van der Waals surface area (Å²) in [5, 5.41) is 0. The zero-order chi connectivity index (χ0) is 15.9. The number of hydrogen-bond donors (Lipinski definition) is 2. The van der Waals surface area contributed by atoms with Crippen molar-refractivity contribution in [2.45, 2.75) is 0 Å². The van der Waals surface area contributed by atoms with Gasteiger partial charge in [-0.05, 0) is 48.6 Å². The van der Waals surface area contributed by atoms with Crippen LogP contribution in [-0.2, 0) is 19.5 Å². The van der Waals surface area contributed by atoms with Crippen molar-refractivity contribution in [2.24, 2.45) is 20.0 Å². The SMILES string of the molecule is C1=CC2=NC1=CC1=NC(=CC3=NC(=CC4=NC(=C2)C=C4)NN3)C=C1.[Zn]. The van der Waals surface area contributed by atoms with E-state index in [1.54, 1.807) is 0 Å². The van der Waals surface area contributed by atoms with E-state index in [9.17, 15) is 0 Å². The number of hydrazine groups is 1. The molecule has 0 saturated carbocycles. The van der Waals surface area contributed by atoms with Gasteiger partial charge in [-0.25, -0.2) is 20.0 Å². The van der Waals surface area contributed by atoms with Crippen LogP contribution in [0.2, 0.25) is 0 Å². The van der Waals surface area contributed by atoms with Crippen LogP contribution in [0.15, 0.2) is 104 Å². The molecule has 8 bridgehead atoms. The Bertz CT molecular complexity index is 993. The number of aliphatic imine (C=N–C) groups is 4. The van der Waals surface area contributed by atoms with E-state index in [1.165, 1.54) is 0 Å². The van der Waals surface area contributed by atoms with Crippen LogP contribution in [-0.4, -0.2) is 23.0 Å². The van der Waals surface area contributed by atoms with Gasteiger partial charge in [-0.3, -0.25) is 10.9 Å². The molecule has 116 valence electrons. The van der Waals surface area contributed by atoms with Crippen LogP contribution in [0.1, 0.15) is 0 Å². The van der Waals surface area contributed by atoms with Crippen molar-refractivity contribution >= 4 is 23.0 Å². The molecule has 0 aromatic carbocycles. The molecule has 2 N–H and O–H groups in total. The summed E-state index contributed by atoms with van der Waals surface area (Å²) in [5.74, 6) is 1.43. The minimum atomic E-state index is 0. The van der Waals surface area contributed by atoms with Gasteiger partial charge in [0.15, 0.2) is 0 Å². The Labute approximate surface area is 157 Å². The first-order valence-electron chi connectivity index (χ1n) is 7.58. The Kier molecular flexibility index (Phi) is 3.86. The molecule has 6 nitrogen and oxygen atoms in total. The minimum Gasteiger partial charge on any atom is -0.283 e. The Morgan fingerprint density at radius 1 is 0.520 bits per heavy atom. The van der Waals surface area contributed by atoms with Crippen molar-refractivity contribution in [3.63, 3.8) is 0 Å². The van der Waals surface area contributed by atoms with Gasteiger partial charge in [-0.15, -0.1) is 0 Å². The molecule has 5 aliphatic rings. The number of hydrogen-bond acceptors (Lipinski definition) is 6. The van der Waals surface area contributed by atoms with E-state index >= 15 is 0 Å². The summed E-state index contributed by atoms with van der Waals surface area (Å²) < 4.78 is 0. The van der Waals surface area contributed by atoms with Gasteiger partial charge in [0.2, 0.25) is 0 Å². The average Bonchev–Trinajstić information content (AvgIpc) is 3.32. The van der Waals surface area contributed by atoms with Gasteiger partial charge >= 0.3 is 0 Å². The summed E-state index contributed by atoms with van der Waals surface area (Å²) >= 11 is 0. The topological polar surface area (TPSA) is 73.5 Å². The number of allylic oxidation sites excluding steroid dienone is 9. The fourth-order valence-corrected chi connectivity index (χ4v) is 2.70. The summed E-state index contributed by atoms with van der Waals surface area (Å²) in [6, 6.07) is 0. The van der Waals surface area contributed by atoms with Crippen LogP contribution in [0.25, 0.3) is 0 Å². The predicted octanol–water partition coefficient (Wildman–Crippen LogP) is 2.03. The average molecular weight is 378 g/mol. The largest absolute Gasteiger partial charge is 0.283 e. The summed E-state index contributed by atoms with van der Waals surface area (Å²) in [6.07, 6.45) is 19.5. The summed E-state index contributed by atoms with van der Waals surface area (Å²) in [6.45, 7) is 0.